The topological polar surface area (TPSA) is 95.1 Å². The van der Waals surface area contributed by atoms with Crippen LogP contribution in [0.1, 0.15) is 0 Å². The van der Waals surface area contributed by atoms with Gasteiger partial charge in [-0.2, -0.15) is 5.10 Å². The first-order chi connectivity index (χ1) is 16.6. The van der Waals surface area contributed by atoms with E-state index in [0.29, 0.717) is 46.9 Å². The maximum Gasteiger partial charge on any atom is 0.234 e. The van der Waals surface area contributed by atoms with E-state index in [1.54, 1.807) is 47.2 Å². The highest BCUT2D eigenvalue weighted by molar-refractivity contribution is 7.99. The Kier molecular flexibility index (Phi) is 5.02. The van der Waals surface area contributed by atoms with Crippen molar-refractivity contribution < 1.29 is 18.7 Å². The Morgan fingerprint density at radius 2 is 1.85 bits per heavy atom. The summed E-state index contributed by atoms with van der Waals surface area (Å²) in [6.07, 6.45) is 3.59. The number of ether oxygens (including phenoxy) is 2. The van der Waals surface area contributed by atoms with Crippen molar-refractivity contribution in [2.75, 3.05) is 24.3 Å². The van der Waals surface area contributed by atoms with E-state index in [4.69, 9.17) is 9.47 Å². The van der Waals surface area contributed by atoms with Gasteiger partial charge in [-0.15, -0.1) is 10.2 Å². The lowest BCUT2D eigenvalue weighted by atomic mass is 10.1. The number of thioether (sulfide) groups is 1. The predicted molar refractivity (Wildman–Crippen MR) is 124 cm³/mol. The molecule has 0 radical (unpaired) electrons. The van der Waals surface area contributed by atoms with Gasteiger partial charge < -0.3 is 14.8 Å². The highest BCUT2D eigenvalue weighted by Crippen LogP contribution is 2.32. The van der Waals surface area contributed by atoms with Crippen molar-refractivity contribution >= 4 is 34.5 Å². The lowest BCUT2D eigenvalue weighted by Crippen LogP contribution is -2.17. The van der Waals surface area contributed by atoms with Crippen molar-refractivity contribution in [2.45, 2.75) is 5.16 Å². The number of benzene rings is 2. The molecule has 1 amide bonds. The lowest BCUT2D eigenvalue weighted by Gasteiger charge is -2.18. The molecule has 170 valence electrons. The zero-order valence-electron chi connectivity index (χ0n) is 17.6. The van der Waals surface area contributed by atoms with Crippen LogP contribution in [0.15, 0.2) is 66.1 Å². The average Bonchev–Trinajstić information content (AvgIpc) is 3.47. The summed E-state index contributed by atoms with van der Waals surface area (Å²) in [6.45, 7) is 0.997. The first-order valence-electron chi connectivity index (χ1n) is 10.5. The van der Waals surface area contributed by atoms with Crippen LogP contribution in [0, 0.1) is 5.82 Å². The van der Waals surface area contributed by atoms with E-state index >= 15 is 0 Å². The summed E-state index contributed by atoms with van der Waals surface area (Å²) in [5.41, 5.74) is 3.49. The van der Waals surface area contributed by atoms with Crippen LogP contribution in [0.3, 0.4) is 0 Å². The Labute approximate surface area is 196 Å². The van der Waals surface area contributed by atoms with Gasteiger partial charge in [-0.05, 0) is 42.5 Å². The van der Waals surface area contributed by atoms with Gasteiger partial charge in [-0.1, -0.05) is 11.8 Å². The van der Waals surface area contributed by atoms with Crippen molar-refractivity contribution in [3.05, 3.63) is 66.7 Å². The van der Waals surface area contributed by atoms with Crippen LogP contribution in [-0.2, 0) is 4.79 Å². The number of rotatable bonds is 5. The Hall–Kier alpha value is -4.12. The maximum absolute atomic E-state index is 13.2. The predicted octanol–water partition coefficient (Wildman–Crippen LogP) is 3.69. The van der Waals surface area contributed by atoms with E-state index < -0.39 is 0 Å². The minimum Gasteiger partial charge on any atom is -0.486 e. The van der Waals surface area contributed by atoms with Crippen LogP contribution >= 0.6 is 11.8 Å². The third-order valence-electron chi connectivity index (χ3n) is 5.28. The van der Waals surface area contributed by atoms with Crippen LogP contribution in [-0.4, -0.2) is 49.1 Å². The molecule has 1 aliphatic rings. The van der Waals surface area contributed by atoms with Gasteiger partial charge in [-0.3, -0.25) is 9.20 Å². The first-order valence-corrected chi connectivity index (χ1v) is 11.4. The number of carbonyl (C=O) groups is 1. The highest BCUT2D eigenvalue weighted by Gasteiger charge is 2.16. The van der Waals surface area contributed by atoms with Gasteiger partial charge in [0.15, 0.2) is 22.3 Å². The number of amides is 1. The van der Waals surface area contributed by atoms with E-state index in [1.165, 1.54) is 23.9 Å². The van der Waals surface area contributed by atoms with Crippen molar-refractivity contribution in [3.8, 4) is 22.8 Å². The smallest absolute Gasteiger partial charge is 0.234 e. The zero-order valence-corrected chi connectivity index (χ0v) is 18.5. The van der Waals surface area contributed by atoms with Gasteiger partial charge in [0, 0.05) is 29.7 Å². The van der Waals surface area contributed by atoms with Gasteiger partial charge in [0.25, 0.3) is 0 Å². The quantitative estimate of drug-likeness (QED) is 0.387. The van der Waals surface area contributed by atoms with Crippen LogP contribution in [0.25, 0.3) is 22.4 Å². The number of nitrogens with one attached hydrogen (secondary N) is 1. The van der Waals surface area contributed by atoms with Crippen LogP contribution in [0.4, 0.5) is 10.1 Å². The van der Waals surface area contributed by atoms with Crippen LogP contribution in [0.5, 0.6) is 11.5 Å². The second-order valence-corrected chi connectivity index (χ2v) is 8.48. The third-order valence-corrected chi connectivity index (χ3v) is 6.23. The number of carbonyl (C=O) groups excluding carboxylic acids is 1. The molecule has 11 heteroatoms. The van der Waals surface area contributed by atoms with Crippen molar-refractivity contribution in [1.82, 2.24) is 24.2 Å². The standard InChI is InChI=1S/C23H17FN6O3S/c24-15-3-1-14(2-4-15)17-12-18-22-26-27-23(29(22)7-8-30(18)28-17)34-13-21(31)25-16-5-6-19-20(11-16)33-10-9-32-19/h1-8,11-12H,9-10,13H2,(H,25,31). The summed E-state index contributed by atoms with van der Waals surface area (Å²) in [5.74, 6) is 0.961. The summed E-state index contributed by atoms with van der Waals surface area (Å²) in [7, 11) is 0. The van der Waals surface area contributed by atoms with E-state index in [9.17, 15) is 9.18 Å². The molecule has 0 bridgehead atoms. The highest BCUT2D eigenvalue weighted by atomic mass is 32.2. The fourth-order valence-corrected chi connectivity index (χ4v) is 4.42. The molecule has 0 unspecified atom stereocenters. The number of hydrogen-bond donors (Lipinski definition) is 1. The SMILES string of the molecule is O=C(CSc1nnc2c3cc(-c4ccc(F)cc4)nn3ccn12)Nc1ccc2c(c1)OCCO2. The van der Waals surface area contributed by atoms with Crippen molar-refractivity contribution in [2.24, 2.45) is 0 Å². The molecule has 0 atom stereocenters. The first kappa shape index (κ1) is 20.5. The molecule has 4 heterocycles. The lowest BCUT2D eigenvalue weighted by molar-refractivity contribution is -0.113. The van der Waals surface area contributed by atoms with Crippen molar-refractivity contribution in [1.29, 1.82) is 0 Å². The second kappa shape index (κ2) is 8.34. The minimum absolute atomic E-state index is 0.153. The Balaban J connectivity index is 1.19. The summed E-state index contributed by atoms with van der Waals surface area (Å²) in [5, 5.41) is 16.5. The van der Waals surface area contributed by atoms with Gasteiger partial charge in [0.2, 0.25) is 5.91 Å². The molecular weight excluding hydrogens is 459 g/mol. The number of aromatic nitrogens is 5. The van der Waals surface area contributed by atoms with Gasteiger partial charge in [0.1, 0.15) is 24.5 Å². The Bertz CT molecular complexity index is 1530. The number of hydrogen-bond acceptors (Lipinski definition) is 7. The zero-order chi connectivity index (χ0) is 23.1. The molecule has 2 aromatic carbocycles. The van der Waals surface area contributed by atoms with E-state index in [2.05, 4.69) is 20.6 Å². The maximum atomic E-state index is 13.2. The summed E-state index contributed by atoms with van der Waals surface area (Å²) in [4.78, 5) is 12.5. The number of fused-ring (bicyclic) bond motifs is 4. The molecular formula is C23H17FN6O3S. The number of halogens is 1. The molecule has 3 aromatic heterocycles. The molecule has 5 aromatic rings. The van der Waals surface area contributed by atoms with Crippen LogP contribution < -0.4 is 14.8 Å². The molecule has 1 aliphatic heterocycles. The van der Waals surface area contributed by atoms with Gasteiger partial charge in [0.05, 0.1) is 11.4 Å². The van der Waals surface area contributed by atoms with Gasteiger partial charge >= 0.3 is 0 Å². The van der Waals surface area contributed by atoms with E-state index in [1.807, 2.05) is 10.5 Å². The number of nitrogens with zero attached hydrogens (tertiary/aromatic N) is 5. The Morgan fingerprint density at radius 1 is 1.03 bits per heavy atom. The average molecular weight is 476 g/mol. The van der Waals surface area contributed by atoms with Gasteiger partial charge in [-0.25, -0.2) is 8.91 Å². The molecule has 6 rings (SSSR count). The van der Waals surface area contributed by atoms with E-state index in [-0.39, 0.29) is 17.5 Å². The fraction of sp³-hybridized carbons (Fsp3) is 0.130. The Morgan fingerprint density at radius 3 is 2.71 bits per heavy atom. The van der Waals surface area contributed by atoms with Crippen LogP contribution in [0.2, 0.25) is 0 Å². The third kappa shape index (κ3) is 3.79. The molecule has 0 saturated heterocycles. The fourth-order valence-electron chi connectivity index (χ4n) is 3.70. The number of anilines is 1. The molecule has 1 N–H and O–H groups in total. The molecule has 0 fully saturated rings. The summed E-state index contributed by atoms with van der Waals surface area (Å²) < 4.78 is 27.8. The van der Waals surface area contributed by atoms with E-state index in [0.717, 1.165) is 11.1 Å². The monoisotopic (exact) mass is 476 g/mol. The summed E-state index contributed by atoms with van der Waals surface area (Å²) >= 11 is 1.28. The minimum atomic E-state index is -0.299. The second-order valence-electron chi connectivity index (χ2n) is 7.54. The largest absolute Gasteiger partial charge is 0.486 e. The summed E-state index contributed by atoms with van der Waals surface area (Å²) in [6, 6.07) is 13.3. The molecule has 0 spiro atoms. The molecule has 0 saturated carbocycles. The molecule has 34 heavy (non-hydrogen) atoms. The molecule has 9 nitrogen and oxygen atoms in total. The normalized spacial score (nSPS) is 12.9. The molecule has 0 aliphatic carbocycles. The van der Waals surface area contributed by atoms with Crippen molar-refractivity contribution in [3.63, 3.8) is 0 Å².